The van der Waals surface area contributed by atoms with Crippen LogP contribution in [0, 0.1) is 0 Å². The molecule has 5 nitrogen and oxygen atoms in total. The number of hydrogen-bond acceptors (Lipinski definition) is 3. The Labute approximate surface area is 115 Å². The van der Waals surface area contributed by atoms with Crippen LogP contribution >= 0.6 is 27.5 Å². The first kappa shape index (κ1) is 12.8. The highest BCUT2D eigenvalue weighted by Crippen LogP contribution is 2.21. The molecule has 92 valence electrons. The molecule has 1 aromatic heterocycles. The fraction of sp³-hybridized carbons (Fsp3) is 0. The third-order valence-electron chi connectivity index (χ3n) is 2.09. The van der Waals surface area contributed by atoms with E-state index < -0.39 is 5.91 Å². The van der Waals surface area contributed by atoms with Gasteiger partial charge in [-0.05, 0) is 24.3 Å². The number of nitrogens with one attached hydrogen (secondary N) is 2. The number of hydrogen-bond donors (Lipinski definition) is 2. The number of anilines is 1. The highest BCUT2D eigenvalue weighted by atomic mass is 79.9. The van der Waals surface area contributed by atoms with E-state index in [2.05, 4.69) is 31.4 Å². The predicted molar refractivity (Wildman–Crippen MR) is 72.0 cm³/mol. The van der Waals surface area contributed by atoms with Crippen LogP contribution in [0.2, 0.25) is 5.02 Å². The van der Waals surface area contributed by atoms with Gasteiger partial charge in [0.2, 0.25) is 0 Å². The average molecular weight is 329 g/mol. The first-order valence-corrected chi connectivity index (χ1v) is 6.05. The summed E-state index contributed by atoms with van der Waals surface area (Å²) in [6, 6.07) is 7.62. The Bertz CT molecular complexity index is 636. The molecule has 0 saturated carbocycles. The summed E-state index contributed by atoms with van der Waals surface area (Å²) in [7, 11) is 0. The number of carbonyl (C=O) groups excluding carboxylic acids is 1. The summed E-state index contributed by atoms with van der Waals surface area (Å²) in [4.78, 5) is 22.7. The van der Waals surface area contributed by atoms with Crippen molar-refractivity contribution in [1.82, 2.24) is 10.2 Å². The highest BCUT2D eigenvalue weighted by molar-refractivity contribution is 9.10. The number of aromatic nitrogens is 2. The summed E-state index contributed by atoms with van der Waals surface area (Å²) in [5, 5.41) is 8.75. The minimum absolute atomic E-state index is 0.246. The van der Waals surface area contributed by atoms with E-state index in [0.29, 0.717) is 10.6 Å². The molecule has 0 spiro atoms. The molecule has 0 aliphatic heterocycles. The first-order valence-electron chi connectivity index (χ1n) is 4.88. The fourth-order valence-electron chi connectivity index (χ4n) is 1.27. The minimum Gasteiger partial charge on any atom is -0.305 e. The zero-order valence-corrected chi connectivity index (χ0v) is 11.2. The molecule has 2 rings (SSSR count). The van der Waals surface area contributed by atoms with Gasteiger partial charge in [0.1, 0.15) is 0 Å². The van der Waals surface area contributed by atoms with E-state index in [1.54, 1.807) is 18.2 Å². The van der Waals surface area contributed by atoms with Crippen molar-refractivity contribution in [3.8, 4) is 0 Å². The second-order valence-corrected chi connectivity index (χ2v) is 4.71. The van der Waals surface area contributed by atoms with Crippen LogP contribution in [0.5, 0.6) is 0 Å². The van der Waals surface area contributed by atoms with E-state index in [-0.39, 0.29) is 11.4 Å². The van der Waals surface area contributed by atoms with Crippen LogP contribution in [-0.2, 0) is 0 Å². The number of halogens is 2. The summed E-state index contributed by atoms with van der Waals surface area (Å²) in [5.74, 6) is -0.156. The quantitative estimate of drug-likeness (QED) is 0.889. The second-order valence-electron chi connectivity index (χ2n) is 3.38. The molecule has 0 aliphatic rings. The van der Waals surface area contributed by atoms with Crippen LogP contribution in [0.15, 0.2) is 39.6 Å². The van der Waals surface area contributed by atoms with E-state index in [1.165, 1.54) is 12.1 Å². The lowest BCUT2D eigenvalue weighted by molar-refractivity contribution is 0.102. The number of nitrogens with zero attached hydrogens (tertiary/aromatic N) is 1. The molecule has 2 aromatic rings. The van der Waals surface area contributed by atoms with Crippen molar-refractivity contribution in [3.63, 3.8) is 0 Å². The third-order valence-corrected chi connectivity index (χ3v) is 2.92. The van der Waals surface area contributed by atoms with Crippen molar-refractivity contribution in [1.29, 1.82) is 0 Å². The molecule has 1 amide bonds. The Morgan fingerprint density at radius 1 is 1.33 bits per heavy atom. The van der Waals surface area contributed by atoms with Gasteiger partial charge in [0.05, 0.1) is 10.6 Å². The number of aromatic amines is 1. The Hall–Kier alpha value is -1.66. The van der Waals surface area contributed by atoms with Crippen LogP contribution in [0.1, 0.15) is 10.4 Å². The molecule has 0 radical (unpaired) electrons. The molecule has 0 atom stereocenters. The Morgan fingerprint density at radius 3 is 2.78 bits per heavy atom. The summed E-state index contributed by atoms with van der Waals surface area (Å²) >= 11 is 9.18. The number of amides is 1. The zero-order valence-electron chi connectivity index (χ0n) is 8.91. The molecular formula is C11H7BrClN3O2. The lowest BCUT2D eigenvalue weighted by Gasteiger charge is -2.05. The normalized spacial score (nSPS) is 10.1. The highest BCUT2D eigenvalue weighted by Gasteiger charge is 2.11. The van der Waals surface area contributed by atoms with Crippen LogP contribution < -0.4 is 10.9 Å². The van der Waals surface area contributed by atoms with Gasteiger partial charge >= 0.3 is 0 Å². The van der Waals surface area contributed by atoms with Gasteiger partial charge < -0.3 is 5.32 Å². The molecule has 2 N–H and O–H groups in total. The number of benzene rings is 1. The van der Waals surface area contributed by atoms with Crippen molar-refractivity contribution in [2.24, 2.45) is 0 Å². The Balaban J connectivity index is 2.24. The van der Waals surface area contributed by atoms with Crippen LogP contribution in [-0.4, -0.2) is 16.1 Å². The molecule has 18 heavy (non-hydrogen) atoms. The van der Waals surface area contributed by atoms with E-state index in [0.717, 1.165) is 4.47 Å². The van der Waals surface area contributed by atoms with Gasteiger partial charge in [-0.15, -0.1) is 0 Å². The van der Waals surface area contributed by atoms with Gasteiger partial charge in [0.25, 0.3) is 11.5 Å². The first-order chi connectivity index (χ1) is 8.56. The third kappa shape index (κ3) is 2.96. The molecule has 0 saturated heterocycles. The number of rotatable bonds is 2. The van der Waals surface area contributed by atoms with Crippen molar-refractivity contribution in [3.05, 3.63) is 55.7 Å². The monoisotopic (exact) mass is 327 g/mol. The molecule has 0 bridgehead atoms. The molecule has 1 heterocycles. The Kier molecular flexibility index (Phi) is 3.78. The zero-order chi connectivity index (χ0) is 13.1. The summed E-state index contributed by atoms with van der Waals surface area (Å²) in [5.41, 5.74) is -0.0208. The lowest BCUT2D eigenvalue weighted by Crippen LogP contribution is -2.16. The van der Waals surface area contributed by atoms with Gasteiger partial charge in [-0.25, -0.2) is 5.10 Å². The maximum atomic E-state index is 11.9. The maximum absolute atomic E-state index is 11.9. The Morgan fingerprint density at radius 2 is 2.11 bits per heavy atom. The molecule has 0 unspecified atom stereocenters. The maximum Gasteiger partial charge on any atom is 0.264 e. The van der Waals surface area contributed by atoms with E-state index >= 15 is 0 Å². The average Bonchev–Trinajstić information content (AvgIpc) is 2.35. The van der Waals surface area contributed by atoms with E-state index in [1.807, 2.05) is 0 Å². The van der Waals surface area contributed by atoms with Crippen molar-refractivity contribution >= 4 is 39.3 Å². The minimum atomic E-state index is -0.402. The summed E-state index contributed by atoms with van der Waals surface area (Å²) in [6.45, 7) is 0. The van der Waals surface area contributed by atoms with Crippen molar-refractivity contribution < 1.29 is 4.79 Å². The molecule has 1 aromatic carbocycles. The standard InChI is InChI=1S/C11H7BrClN3O2/c12-6-1-2-8(13)7(5-6)11(18)14-9-3-4-10(17)16-15-9/h1-5H,(H,16,17)(H,14,15,18). The summed E-state index contributed by atoms with van der Waals surface area (Å²) < 4.78 is 0.742. The smallest absolute Gasteiger partial charge is 0.264 e. The molecule has 0 aliphatic carbocycles. The van der Waals surface area contributed by atoms with Gasteiger partial charge in [-0.1, -0.05) is 27.5 Å². The lowest BCUT2D eigenvalue weighted by atomic mass is 10.2. The molecule has 7 heteroatoms. The van der Waals surface area contributed by atoms with Gasteiger partial charge in [-0.3, -0.25) is 9.59 Å². The molecule has 0 fully saturated rings. The van der Waals surface area contributed by atoms with Crippen molar-refractivity contribution in [2.45, 2.75) is 0 Å². The fourth-order valence-corrected chi connectivity index (χ4v) is 1.83. The number of H-pyrrole nitrogens is 1. The van der Waals surface area contributed by atoms with Crippen molar-refractivity contribution in [2.75, 3.05) is 5.32 Å². The van der Waals surface area contributed by atoms with Crippen LogP contribution in [0.3, 0.4) is 0 Å². The van der Waals surface area contributed by atoms with Gasteiger partial charge in [-0.2, -0.15) is 5.10 Å². The van der Waals surface area contributed by atoms with E-state index in [4.69, 9.17) is 11.6 Å². The molecular weight excluding hydrogens is 321 g/mol. The SMILES string of the molecule is O=C(Nc1ccc(=O)[nH]n1)c1cc(Br)ccc1Cl. The van der Waals surface area contributed by atoms with Crippen LogP contribution in [0.25, 0.3) is 0 Å². The topological polar surface area (TPSA) is 74.8 Å². The van der Waals surface area contributed by atoms with Gasteiger partial charge in [0, 0.05) is 10.5 Å². The summed E-state index contributed by atoms with van der Waals surface area (Å²) in [6.07, 6.45) is 0. The van der Waals surface area contributed by atoms with E-state index in [9.17, 15) is 9.59 Å². The van der Waals surface area contributed by atoms with Crippen LogP contribution in [0.4, 0.5) is 5.82 Å². The number of carbonyl (C=O) groups is 1. The van der Waals surface area contributed by atoms with Gasteiger partial charge in [0.15, 0.2) is 5.82 Å². The predicted octanol–water partition coefficient (Wildman–Crippen LogP) is 2.44. The second kappa shape index (κ2) is 5.32. The largest absolute Gasteiger partial charge is 0.305 e.